The number of aromatic nitrogens is 2. The van der Waals surface area contributed by atoms with Gasteiger partial charge in [-0.2, -0.15) is 12.7 Å². The number of aromatic amines is 1. The molecule has 0 spiro atoms. The van der Waals surface area contributed by atoms with Gasteiger partial charge in [-0.15, -0.1) is 0 Å². The Morgan fingerprint density at radius 1 is 1.15 bits per heavy atom. The predicted molar refractivity (Wildman–Crippen MR) is 104 cm³/mol. The summed E-state index contributed by atoms with van der Waals surface area (Å²) >= 11 is 0. The van der Waals surface area contributed by atoms with E-state index in [0.717, 1.165) is 35.2 Å². The quantitative estimate of drug-likeness (QED) is 0.598. The molecule has 0 atom stereocenters. The van der Waals surface area contributed by atoms with Crippen molar-refractivity contribution in [1.29, 1.82) is 0 Å². The lowest BCUT2D eigenvalue weighted by atomic mass is 10.2. The molecule has 4 rings (SSSR count). The van der Waals surface area contributed by atoms with E-state index < -0.39 is 10.2 Å². The molecule has 1 saturated carbocycles. The minimum absolute atomic E-state index is 0.0168. The van der Waals surface area contributed by atoms with Gasteiger partial charge in [0.05, 0.1) is 5.69 Å². The summed E-state index contributed by atoms with van der Waals surface area (Å²) in [6.07, 6.45) is 3.33. The number of nitrogens with two attached hydrogens (primary N) is 1. The summed E-state index contributed by atoms with van der Waals surface area (Å²) in [6.45, 7) is 0.267. The first-order valence-electron chi connectivity index (χ1n) is 8.54. The van der Waals surface area contributed by atoms with Crippen LogP contribution in [-0.2, 0) is 16.8 Å². The fourth-order valence-corrected chi connectivity index (χ4v) is 3.94. The van der Waals surface area contributed by atoms with Crippen LogP contribution in [0, 0.1) is 0 Å². The van der Waals surface area contributed by atoms with Crippen molar-refractivity contribution in [3.8, 4) is 0 Å². The summed E-state index contributed by atoms with van der Waals surface area (Å²) < 4.78 is 24.8. The monoisotopic (exact) mass is 385 g/mol. The average molecular weight is 385 g/mol. The summed E-state index contributed by atoms with van der Waals surface area (Å²) in [6, 6.07) is 12.5. The van der Waals surface area contributed by atoms with Crippen LogP contribution >= 0.6 is 0 Å². The molecule has 0 aliphatic heterocycles. The Kier molecular flexibility index (Phi) is 4.42. The molecular weight excluding hydrogens is 366 g/mol. The molecule has 4 N–H and O–H groups in total. The van der Waals surface area contributed by atoms with E-state index in [1.165, 1.54) is 10.4 Å². The molecule has 1 aliphatic carbocycles. The van der Waals surface area contributed by atoms with Crippen LogP contribution in [0.4, 0.5) is 11.4 Å². The summed E-state index contributed by atoms with van der Waals surface area (Å²) in [5, 5.41) is 9.41. The Hall–Kier alpha value is -2.75. The van der Waals surface area contributed by atoms with Crippen molar-refractivity contribution in [3.63, 3.8) is 0 Å². The normalized spacial score (nSPS) is 14.6. The van der Waals surface area contributed by atoms with Gasteiger partial charge < -0.3 is 10.3 Å². The van der Waals surface area contributed by atoms with Crippen molar-refractivity contribution in [2.45, 2.75) is 25.4 Å². The first-order chi connectivity index (χ1) is 12.9. The van der Waals surface area contributed by atoms with Crippen LogP contribution < -0.4 is 16.0 Å². The predicted octanol–water partition coefficient (Wildman–Crippen LogP) is 1.83. The molecule has 2 aromatic heterocycles. The van der Waals surface area contributed by atoms with Crippen molar-refractivity contribution >= 4 is 32.6 Å². The molecule has 1 aromatic carbocycles. The zero-order valence-electron chi connectivity index (χ0n) is 14.4. The standard InChI is InChI=1S/C18H19N5O3S/c19-27(25,26)23(14-5-6-14)11-12-1-3-13(4-2-12)21-16-9-10-20-18-15(16)7-8-17(24)22-18/h1-4,7-10,14H,5-6,11H2,(H2,19,25,26)(H2,20,21,22,24). The average Bonchev–Trinajstić information content (AvgIpc) is 3.45. The van der Waals surface area contributed by atoms with Gasteiger partial charge in [-0.1, -0.05) is 12.1 Å². The topological polar surface area (TPSA) is 121 Å². The van der Waals surface area contributed by atoms with Crippen LogP contribution in [0.5, 0.6) is 0 Å². The Labute approximate surface area is 156 Å². The van der Waals surface area contributed by atoms with Gasteiger partial charge in [0.25, 0.3) is 10.2 Å². The minimum atomic E-state index is -3.70. The summed E-state index contributed by atoms with van der Waals surface area (Å²) in [5.74, 6) is 0. The molecule has 9 heteroatoms. The number of nitrogens with zero attached hydrogens (tertiary/aromatic N) is 2. The highest BCUT2D eigenvalue weighted by Gasteiger charge is 2.35. The van der Waals surface area contributed by atoms with E-state index in [4.69, 9.17) is 5.14 Å². The lowest BCUT2D eigenvalue weighted by Gasteiger charge is -2.19. The van der Waals surface area contributed by atoms with Gasteiger partial charge in [0.2, 0.25) is 5.56 Å². The zero-order chi connectivity index (χ0) is 19.0. The van der Waals surface area contributed by atoms with Gasteiger partial charge in [-0.3, -0.25) is 4.79 Å². The molecule has 1 aliphatic rings. The number of pyridine rings is 2. The second kappa shape index (κ2) is 6.76. The third-order valence-corrected chi connectivity index (χ3v) is 5.57. The van der Waals surface area contributed by atoms with Gasteiger partial charge >= 0.3 is 0 Å². The van der Waals surface area contributed by atoms with Crippen LogP contribution in [0.15, 0.2) is 53.5 Å². The second-order valence-corrected chi connectivity index (χ2v) is 8.09. The van der Waals surface area contributed by atoms with E-state index in [1.807, 2.05) is 30.3 Å². The Bertz CT molecular complexity index is 1140. The number of hydrogen-bond donors (Lipinski definition) is 3. The minimum Gasteiger partial charge on any atom is -0.355 e. The fourth-order valence-electron chi connectivity index (χ4n) is 2.99. The smallest absolute Gasteiger partial charge is 0.277 e. The molecular formula is C18H19N5O3S. The van der Waals surface area contributed by atoms with E-state index in [1.54, 1.807) is 12.3 Å². The first-order valence-corrected chi connectivity index (χ1v) is 10.0. The van der Waals surface area contributed by atoms with Gasteiger partial charge in [0.1, 0.15) is 5.65 Å². The van der Waals surface area contributed by atoms with E-state index in [0.29, 0.717) is 5.65 Å². The summed E-state index contributed by atoms with van der Waals surface area (Å²) in [4.78, 5) is 18.3. The molecule has 0 saturated heterocycles. The van der Waals surface area contributed by atoms with Crippen LogP contribution in [0.2, 0.25) is 0 Å². The van der Waals surface area contributed by atoms with E-state index in [2.05, 4.69) is 15.3 Å². The summed E-state index contributed by atoms with van der Waals surface area (Å²) in [5.41, 5.74) is 2.83. The van der Waals surface area contributed by atoms with Gasteiger partial charge in [0, 0.05) is 35.9 Å². The number of hydrogen-bond acceptors (Lipinski definition) is 5. The molecule has 1 fully saturated rings. The van der Waals surface area contributed by atoms with E-state index >= 15 is 0 Å². The van der Waals surface area contributed by atoms with Crippen molar-refractivity contribution in [2.24, 2.45) is 5.14 Å². The lowest BCUT2D eigenvalue weighted by Crippen LogP contribution is -2.37. The van der Waals surface area contributed by atoms with Crippen LogP contribution in [0.3, 0.4) is 0 Å². The Morgan fingerprint density at radius 3 is 2.56 bits per heavy atom. The molecule has 0 amide bonds. The maximum Gasteiger partial charge on any atom is 0.277 e. The number of rotatable bonds is 6. The molecule has 140 valence electrons. The number of benzene rings is 1. The summed E-state index contributed by atoms with van der Waals surface area (Å²) in [7, 11) is -3.70. The molecule has 3 aromatic rings. The van der Waals surface area contributed by atoms with Gasteiger partial charge in [-0.05, 0) is 42.7 Å². The molecule has 0 radical (unpaired) electrons. The van der Waals surface area contributed by atoms with Crippen molar-refractivity contribution < 1.29 is 8.42 Å². The maximum absolute atomic E-state index is 11.7. The highest BCUT2D eigenvalue weighted by Crippen LogP contribution is 2.30. The highest BCUT2D eigenvalue weighted by molar-refractivity contribution is 7.86. The molecule has 8 nitrogen and oxygen atoms in total. The SMILES string of the molecule is NS(=O)(=O)N(Cc1ccc(Nc2ccnc3[nH]c(=O)ccc23)cc1)C1CC1. The van der Waals surface area contributed by atoms with Crippen molar-refractivity contribution in [1.82, 2.24) is 14.3 Å². The Morgan fingerprint density at radius 2 is 1.89 bits per heavy atom. The first kappa shape index (κ1) is 17.7. The molecule has 0 bridgehead atoms. The molecule has 2 heterocycles. The van der Waals surface area contributed by atoms with Crippen LogP contribution in [0.25, 0.3) is 11.0 Å². The third kappa shape index (κ3) is 4.00. The van der Waals surface area contributed by atoms with Crippen LogP contribution in [0.1, 0.15) is 18.4 Å². The molecule has 0 unspecified atom stereocenters. The number of anilines is 2. The third-order valence-electron chi connectivity index (χ3n) is 4.49. The lowest BCUT2D eigenvalue weighted by molar-refractivity contribution is 0.399. The maximum atomic E-state index is 11.7. The fraction of sp³-hybridized carbons (Fsp3) is 0.222. The zero-order valence-corrected chi connectivity index (χ0v) is 15.2. The Balaban J connectivity index is 1.54. The van der Waals surface area contributed by atoms with Crippen LogP contribution in [-0.4, -0.2) is 28.7 Å². The van der Waals surface area contributed by atoms with Gasteiger partial charge in [0.15, 0.2) is 0 Å². The van der Waals surface area contributed by atoms with Gasteiger partial charge in [-0.25, -0.2) is 10.1 Å². The number of H-pyrrole nitrogens is 1. The largest absolute Gasteiger partial charge is 0.355 e. The van der Waals surface area contributed by atoms with Crippen molar-refractivity contribution in [2.75, 3.05) is 5.32 Å². The number of fused-ring (bicyclic) bond motifs is 1. The highest BCUT2D eigenvalue weighted by atomic mass is 32.2. The molecule has 27 heavy (non-hydrogen) atoms. The van der Waals surface area contributed by atoms with E-state index in [9.17, 15) is 13.2 Å². The second-order valence-electron chi connectivity index (χ2n) is 6.59. The number of nitrogens with one attached hydrogen (secondary N) is 2. The van der Waals surface area contributed by atoms with Crippen molar-refractivity contribution in [3.05, 3.63) is 64.6 Å². The van der Waals surface area contributed by atoms with E-state index in [-0.39, 0.29) is 18.1 Å².